The maximum Gasteiger partial charge on any atom is 0.0406 e. The summed E-state index contributed by atoms with van der Waals surface area (Å²) < 4.78 is 0. The fourth-order valence-electron chi connectivity index (χ4n) is 4.71. The fourth-order valence-corrected chi connectivity index (χ4v) is 4.96. The van der Waals surface area contributed by atoms with Crippen LogP contribution in [0.15, 0.2) is 109 Å². The highest BCUT2D eigenvalue weighted by atomic mass is 35.5. The Kier molecular flexibility index (Phi) is 4.64. The van der Waals surface area contributed by atoms with Gasteiger partial charge in [-0.2, -0.15) is 0 Å². The molecular formula is C30H18Cl2. The molecule has 152 valence electrons. The van der Waals surface area contributed by atoms with Crippen LogP contribution in [0.25, 0.3) is 33.0 Å². The Hall–Kier alpha value is -3.32. The third-order valence-electron chi connectivity index (χ3n) is 6.16. The lowest BCUT2D eigenvalue weighted by molar-refractivity contribution is 1.54. The van der Waals surface area contributed by atoms with E-state index in [-0.39, 0.29) is 0 Å². The second-order valence-corrected chi connectivity index (χ2v) is 8.93. The van der Waals surface area contributed by atoms with E-state index < -0.39 is 0 Å². The molecule has 0 saturated carbocycles. The first-order chi connectivity index (χ1) is 15.7. The topological polar surface area (TPSA) is 0 Å². The Morgan fingerprint density at radius 1 is 0.438 bits per heavy atom. The van der Waals surface area contributed by atoms with E-state index in [4.69, 9.17) is 23.2 Å². The molecule has 0 spiro atoms. The minimum Gasteiger partial charge on any atom is -0.0843 e. The number of rotatable bonds is 2. The van der Waals surface area contributed by atoms with Crippen molar-refractivity contribution in [1.29, 1.82) is 0 Å². The van der Waals surface area contributed by atoms with Crippen molar-refractivity contribution in [2.45, 2.75) is 0 Å². The van der Waals surface area contributed by atoms with Crippen LogP contribution in [0.5, 0.6) is 0 Å². The van der Waals surface area contributed by atoms with Crippen molar-refractivity contribution >= 4 is 45.1 Å². The van der Waals surface area contributed by atoms with Crippen LogP contribution < -0.4 is 0 Å². The summed E-state index contributed by atoms with van der Waals surface area (Å²) in [6.07, 6.45) is 0. The molecule has 0 bridgehead atoms. The van der Waals surface area contributed by atoms with Crippen LogP contribution >= 0.6 is 23.2 Å². The van der Waals surface area contributed by atoms with Crippen molar-refractivity contribution in [2.24, 2.45) is 0 Å². The molecule has 0 fully saturated rings. The third-order valence-corrected chi connectivity index (χ3v) is 6.66. The molecule has 0 nitrogen and oxygen atoms in total. The van der Waals surface area contributed by atoms with Crippen LogP contribution in [0.1, 0.15) is 22.3 Å². The van der Waals surface area contributed by atoms with Gasteiger partial charge in [0.2, 0.25) is 0 Å². The van der Waals surface area contributed by atoms with Crippen LogP contribution in [0, 0.1) is 0 Å². The highest BCUT2D eigenvalue weighted by Crippen LogP contribution is 2.50. The number of hydrogen-bond donors (Lipinski definition) is 0. The maximum absolute atomic E-state index is 6.24. The van der Waals surface area contributed by atoms with Crippen molar-refractivity contribution in [3.63, 3.8) is 0 Å². The van der Waals surface area contributed by atoms with E-state index in [0.717, 1.165) is 21.2 Å². The van der Waals surface area contributed by atoms with E-state index in [1.165, 1.54) is 44.2 Å². The van der Waals surface area contributed by atoms with Gasteiger partial charge in [0.05, 0.1) is 0 Å². The summed E-state index contributed by atoms with van der Waals surface area (Å²) in [4.78, 5) is 0. The molecule has 5 aromatic carbocycles. The molecule has 6 rings (SSSR count). The van der Waals surface area contributed by atoms with Crippen molar-refractivity contribution < 1.29 is 0 Å². The average molecular weight is 449 g/mol. The van der Waals surface area contributed by atoms with Gasteiger partial charge in [-0.15, -0.1) is 0 Å². The predicted molar refractivity (Wildman–Crippen MR) is 137 cm³/mol. The summed E-state index contributed by atoms with van der Waals surface area (Å²) in [6, 6.07) is 38.1. The minimum atomic E-state index is 0.729. The van der Waals surface area contributed by atoms with Crippen molar-refractivity contribution in [1.82, 2.24) is 0 Å². The molecule has 2 heteroatoms. The lowest BCUT2D eigenvalue weighted by Crippen LogP contribution is -1.95. The summed E-state index contributed by atoms with van der Waals surface area (Å²) in [5.74, 6) is 0. The zero-order valence-corrected chi connectivity index (χ0v) is 18.7. The molecule has 0 amide bonds. The normalized spacial score (nSPS) is 12.0. The molecule has 1 aliphatic carbocycles. The molecule has 1 aliphatic rings. The van der Waals surface area contributed by atoms with Crippen molar-refractivity contribution in [3.8, 4) is 11.1 Å². The fraction of sp³-hybridized carbons (Fsp3) is 0. The molecular weight excluding hydrogens is 431 g/mol. The zero-order chi connectivity index (χ0) is 21.7. The number of benzene rings is 5. The number of halogens is 2. The van der Waals surface area contributed by atoms with Crippen molar-refractivity contribution in [2.75, 3.05) is 0 Å². The van der Waals surface area contributed by atoms with Crippen LogP contribution in [-0.2, 0) is 0 Å². The smallest absolute Gasteiger partial charge is 0.0406 e. The molecule has 0 N–H and O–H groups in total. The van der Waals surface area contributed by atoms with Gasteiger partial charge in [-0.3, -0.25) is 0 Å². The molecule has 0 radical (unpaired) electrons. The van der Waals surface area contributed by atoms with Gasteiger partial charge in [0.25, 0.3) is 0 Å². The summed E-state index contributed by atoms with van der Waals surface area (Å²) in [5, 5.41) is 3.95. The maximum atomic E-state index is 6.24. The Balaban J connectivity index is 1.76. The molecule has 0 aliphatic heterocycles. The first kappa shape index (κ1) is 19.4. The lowest BCUT2D eigenvalue weighted by Gasteiger charge is -2.16. The van der Waals surface area contributed by atoms with E-state index in [1.807, 2.05) is 24.3 Å². The predicted octanol–water partition coefficient (Wildman–Crippen LogP) is 9.13. The molecule has 0 saturated heterocycles. The summed E-state index contributed by atoms with van der Waals surface area (Å²) in [7, 11) is 0. The molecule has 0 heterocycles. The SMILES string of the molecule is Clc1ccc(C(=C2c3ccccc3-c3cc4ccccc4cc32)c2ccc(Cl)cc2)cc1. The Morgan fingerprint density at radius 2 is 0.906 bits per heavy atom. The second kappa shape index (κ2) is 7.67. The first-order valence-electron chi connectivity index (χ1n) is 10.6. The van der Waals surface area contributed by atoms with Gasteiger partial charge in [0, 0.05) is 10.0 Å². The third kappa shape index (κ3) is 3.15. The summed E-state index contributed by atoms with van der Waals surface area (Å²) >= 11 is 12.5. The highest BCUT2D eigenvalue weighted by molar-refractivity contribution is 6.31. The summed E-state index contributed by atoms with van der Waals surface area (Å²) in [5.41, 5.74) is 9.72. The standard InChI is InChI=1S/C30H18Cl2/c31-23-13-9-19(10-14-23)29(20-11-15-24(32)16-12-20)30-26-8-4-3-7-25(26)27-17-21-5-1-2-6-22(21)18-28(27)30/h1-18H. The van der Waals surface area contributed by atoms with E-state index in [9.17, 15) is 0 Å². The van der Waals surface area contributed by atoms with Gasteiger partial charge in [0.1, 0.15) is 0 Å². The van der Waals surface area contributed by atoms with Gasteiger partial charge >= 0.3 is 0 Å². The van der Waals surface area contributed by atoms with E-state index in [2.05, 4.69) is 84.9 Å². The zero-order valence-electron chi connectivity index (χ0n) is 17.1. The van der Waals surface area contributed by atoms with Gasteiger partial charge in [0.15, 0.2) is 0 Å². The molecule has 0 unspecified atom stereocenters. The van der Waals surface area contributed by atoms with Crippen LogP contribution in [0.3, 0.4) is 0 Å². The molecule has 0 aromatic heterocycles. The summed E-state index contributed by atoms with van der Waals surface area (Å²) in [6.45, 7) is 0. The van der Waals surface area contributed by atoms with Gasteiger partial charge in [-0.1, -0.05) is 96.0 Å². The largest absolute Gasteiger partial charge is 0.0843 e. The van der Waals surface area contributed by atoms with Crippen LogP contribution in [-0.4, -0.2) is 0 Å². The van der Waals surface area contributed by atoms with Gasteiger partial charge in [-0.25, -0.2) is 0 Å². The van der Waals surface area contributed by atoms with E-state index in [0.29, 0.717) is 0 Å². The molecule has 0 atom stereocenters. The van der Waals surface area contributed by atoms with Crippen LogP contribution in [0.2, 0.25) is 10.0 Å². The highest BCUT2D eigenvalue weighted by Gasteiger charge is 2.27. The number of hydrogen-bond acceptors (Lipinski definition) is 0. The average Bonchev–Trinajstić information content (AvgIpc) is 3.13. The monoisotopic (exact) mass is 448 g/mol. The minimum absolute atomic E-state index is 0.729. The number of fused-ring (bicyclic) bond motifs is 4. The lowest BCUT2D eigenvalue weighted by atomic mass is 9.88. The van der Waals surface area contributed by atoms with Crippen LogP contribution in [0.4, 0.5) is 0 Å². The van der Waals surface area contributed by atoms with E-state index in [1.54, 1.807) is 0 Å². The first-order valence-corrected chi connectivity index (χ1v) is 11.3. The molecule has 5 aromatic rings. The Bertz CT molecular complexity index is 1460. The van der Waals surface area contributed by atoms with Gasteiger partial charge < -0.3 is 0 Å². The quantitative estimate of drug-likeness (QED) is 0.247. The van der Waals surface area contributed by atoms with Crippen molar-refractivity contribution in [3.05, 3.63) is 141 Å². The molecule has 32 heavy (non-hydrogen) atoms. The Morgan fingerprint density at radius 3 is 1.47 bits per heavy atom. The Labute approximate surface area is 197 Å². The second-order valence-electron chi connectivity index (χ2n) is 8.05. The van der Waals surface area contributed by atoms with Gasteiger partial charge in [-0.05, 0) is 91.7 Å². The van der Waals surface area contributed by atoms with E-state index >= 15 is 0 Å².